The molecule has 1 heterocycles. The number of hydrogen-bond donors (Lipinski definition) is 0. The van der Waals surface area contributed by atoms with Gasteiger partial charge in [-0.15, -0.1) is 0 Å². The lowest BCUT2D eigenvalue weighted by Crippen LogP contribution is -2.44. The van der Waals surface area contributed by atoms with Crippen molar-refractivity contribution in [3.05, 3.63) is 95.4 Å². The van der Waals surface area contributed by atoms with Crippen molar-refractivity contribution < 1.29 is 13.6 Å². The normalized spacial score (nSPS) is 12.8. The van der Waals surface area contributed by atoms with Crippen molar-refractivity contribution in [1.29, 1.82) is 0 Å². The first-order valence-electron chi connectivity index (χ1n) is 13.0. The first kappa shape index (κ1) is 27.1. The van der Waals surface area contributed by atoms with E-state index in [4.69, 9.17) is 9.16 Å². The van der Waals surface area contributed by atoms with Crippen LogP contribution < -0.4 is 4.74 Å². The molecule has 0 saturated carbocycles. The third-order valence-electron chi connectivity index (χ3n) is 7.71. The highest BCUT2D eigenvalue weighted by Crippen LogP contribution is 2.40. The van der Waals surface area contributed by atoms with Crippen LogP contribution in [0.3, 0.4) is 0 Å². The Balaban J connectivity index is 1.75. The van der Waals surface area contributed by atoms with Gasteiger partial charge in [-0.2, -0.15) is 0 Å². The van der Waals surface area contributed by atoms with Crippen LogP contribution in [0, 0.1) is 12.7 Å². The molecule has 37 heavy (non-hydrogen) atoms. The summed E-state index contributed by atoms with van der Waals surface area (Å²) < 4.78 is 29.3. The third kappa shape index (κ3) is 5.83. The van der Waals surface area contributed by atoms with Crippen molar-refractivity contribution in [2.75, 3.05) is 6.61 Å². The smallest absolute Gasteiger partial charge is 0.192 e. The number of halogens is 1. The van der Waals surface area contributed by atoms with Crippen molar-refractivity contribution in [3.63, 3.8) is 0 Å². The van der Waals surface area contributed by atoms with Crippen LogP contribution in [0.25, 0.3) is 16.6 Å². The van der Waals surface area contributed by atoms with Gasteiger partial charge >= 0.3 is 0 Å². The highest BCUT2D eigenvalue weighted by Gasteiger charge is 2.39. The van der Waals surface area contributed by atoms with E-state index in [9.17, 15) is 4.39 Å². The van der Waals surface area contributed by atoms with E-state index in [1.807, 2.05) is 43.3 Å². The van der Waals surface area contributed by atoms with E-state index in [0.29, 0.717) is 18.8 Å². The summed E-state index contributed by atoms with van der Waals surface area (Å²) in [5, 5.41) is 1.22. The Morgan fingerprint density at radius 2 is 1.57 bits per heavy atom. The molecular formula is C32H40FNO2Si. The zero-order chi connectivity index (χ0) is 27.0. The quantitative estimate of drug-likeness (QED) is 0.218. The first-order chi connectivity index (χ1) is 17.3. The molecule has 4 rings (SSSR count). The molecule has 0 atom stereocenters. The molecule has 0 N–H and O–H groups in total. The van der Waals surface area contributed by atoms with Gasteiger partial charge in [0.15, 0.2) is 8.32 Å². The van der Waals surface area contributed by atoms with E-state index in [1.54, 1.807) is 6.07 Å². The molecule has 196 valence electrons. The molecular weight excluding hydrogens is 477 g/mol. The van der Waals surface area contributed by atoms with Gasteiger partial charge in [0.2, 0.25) is 0 Å². The zero-order valence-corrected chi connectivity index (χ0v) is 24.5. The van der Waals surface area contributed by atoms with Crippen molar-refractivity contribution in [3.8, 4) is 11.4 Å². The average molecular weight is 518 g/mol. The van der Waals surface area contributed by atoms with Crippen molar-refractivity contribution >= 4 is 19.2 Å². The van der Waals surface area contributed by atoms with Crippen LogP contribution in [0.5, 0.6) is 5.75 Å². The highest BCUT2D eigenvalue weighted by atomic mass is 28.4. The van der Waals surface area contributed by atoms with Gasteiger partial charge in [0.1, 0.15) is 18.2 Å². The van der Waals surface area contributed by atoms with Gasteiger partial charge < -0.3 is 13.7 Å². The van der Waals surface area contributed by atoms with Gasteiger partial charge in [0.05, 0.1) is 5.52 Å². The van der Waals surface area contributed by atoms with Crippen LogP contribution in [-0.2, 0) is 16.4 Å². The maximum Gasteiger partial charge on any atom is 0.192 e. The van der Waals surface area contributed by atoms with Gasteiger partial charge in [-0.3, -0.25) is 0 Å². The molecule has 0 aliphatic heterocycles. The summed E-state index contributed by atoms with van der Waals surface area (Å²) in [6.45, 7) is 18.8. The fourth-order valence-corrected chi connectivity index (χ4v) is 5.37. The van der Waals surface area contributed by atoms with Crippen LogP contribution in [0.15, 0.2) is 72.8 Å². The number of hydrogen-bond acceptors (Lipinski definition) is 2. The van der Waals surface area contributed by atoms with Gasteiger partial charge in [0.25, 0.3) is 0 Å². The number of benzene rings is 3. The number of aromatic nitrogens is 1. The number of ether oxygens (including phenoxy) is 1. The Morgan fingerprint density at radius 3 is 2.22 bits per heavy atom. The van der Waals surface area contributed by atoms with E-state index in [1.165, 1.54) is 0 Å². The average Bonchev–Trinajstić information content (AvgIpc) is 3.23. The van der Waals surface area contributed by atoms with Gasteiger partial charge in [-0.1, -0.05) is 65.0 Å². The van der Waals surface area contributed by atoms with Crippen LogP contribution >= 0.6 is 0 Å². The topological polar surface area (TPSA) is 23.4 Å². The lowest BCUT2D eigenvalue weighted by atomic mass is 9.90. The number of aryl methyl sites for hydroxylation is 1. The molecule has 3 aromatic carbocycles. The SMILES string of the molecule is Cc1cc(-n2c(C(C)(C)CO[Si](C)(C)C(C)(C)C)cc3cc(OCc4ccccc4)ccc32)ccc1F. The van der Waals surface area contributed by atoms with Crippen molar-refractivity contribution in [1.82, 2.24) is 4.57 Å². The minimum atomic E-state index is -1.93. The second-order valence-corrected chi connectivity index (χ2v) is 17.0. The maximum atomic E-state index is 14.2. The molecule has 3 nitrogen and oxygen atoms in total. The van der Waals surface area contributed by atoms with E-state index in [-0.39, 0.29) is 16.3 Å². The summed E-state index contributed by atoms with van der Waals surface area (Å²) in [5.41, 5.74) is 4.63. The van der Waals surface area contributed by atoms with E-state index in [0.717, 1.165) is 33.6 Å². The zero-order valence-electron chi connectivity index (χ0n) is 23.5. The van der Waals surface area contributed by atoms with Crippen LogP contribution in [-0.4, -0.2) is 19.5 Å². The molecule has 5 heteroatoms. The molecule has 0 amide bonds. The Labute approximate surface area is 222 Å². The Morgan fingerprint density at radius 1 is 0.865 bits per heavy atom. The molecule has 0 saturated heterocycles. The van der Waals surface area contributed by atoms with E-state index >= 15 is 0 Å². The van der Waals surface area contributed by atoms with E-state index < -0.39 is 8.32 Å². The summed E-state index contributed by atoms with van der Waals surface area (Å²) >= 11 is 0. The molecule has 0 radical (unpaired) electrons. The van der Waals surface area contributed by atoms with Gasteiger partial charge in [-0.05, 0) is 78.6 Å². The predicted octanol–water partition coefficient (Wildman–Crippen LogP) is 8.96. The maximum absolute atomic E-state index is 14.2. The predicted molar refractivity (Wildman–Crippen MR) is 155 cm³/mol. The third-order valence-corrected chi connectivity index (χ3v) is 12.2. The second-order valence-electron chi connectivity index (χ2n) is 12.2. The monoisotopic (exact) mass is 517 g/mol. The van der Waals surface area contributed by atoms with Gasteiger partial charge in [-0.25, -0.2) is 4.39 Å². The molecule has 0 fully saturated rings. The molecule has 0 spiro atoms. The number of fused-ring (bicyclic) bond motifs is 1. The minimum Gasteiger partial charge on any atom is -0.489 e. The Kier molecular flexibility index (Phi) is 7.42. The summed E-state index contributed by atoms with van der Waals surface area (Å²) in [5.74, 6) is 0.629. The molecule has 0 aliphatic rings. The summed E-state index contributed by atoms with van der Waals surface area (Å²) in [6, 6.07) is 24.0. The fraction of sp³-hybridized carbons (Fsp3) is 0.375. The molecule has 1 aromatic heterocycles. The Hall–Kier alpha value is -2.89. The fourth-order valence-electron chi connectivity index (χ4n) is 4.22. The van der Waals surface area contributed by atoms with Crippen molar-refractivity contribution in [2.45, 2.75) is 71.7 Å². The summed E-state index contributed by atoms with van der Waals surface area (Å²) in [7, 11) is -1.93. The largest absolute Gasteiger partial charge is 0.489 e. The number of nitrogens with zero attached hydrogens (tertiary/aromatic N) is 1. The van der Waals surface area contributed by atoms with Gasteiger partial charge in [0, 0.05) is 28.8 Å². The molecule has 0 bridgehead atoms. The molecule has 0 unspecified atom stereocenters. The number of rotatable bonds is 8. The van der Waals surface area contributed by atoms with Crippen LogP contribution in [0.1, 0.15) is 51.4 Å². The van der Waals surface area contributed by atoms with Crippen molar-refractivity contribution in [2.24, 2.45) is 0 Å². The highest BCUT2D eigenvalue weighted by molar-refractivity contribution is 6.74. The standard InChI is InChI=1S/C32H40FNO2Si/c1-23-18-26(14-16-28(23)33)34-29-17-15-27(35-21-24-12-10-9-11-13-24)19-25(29)20-30(34)32(5,6)22-36-37(7,8)31(2,3)4/h9-20H,21-22H2,1-8H3. The lowest BCUT2D eigenvalue weighted by molar-refractivity contribution is 0.216. The first-order valence-corrected chi connectivity index (χ1v) is 15.9. The van der Waals surface area contributed by atoms with E-state index in [2.05, 4.69) is 82.6 Å². The minimum absolute atomic E-state index is 0.134. The van der Waals surface area contributed by atoms with Crippen LogP contribution in [0.4, 0.5) is 4.39 Å². The molecule has 0 aliphatic carbocycles. The Bertz CT molecular complexity index is 1380. The second kappa shape index (κ2) is 10.1. The summed E-state index contributed by atoms with van der Waals surface area (Å²) in [4.78, 5) is 0. The lowest BCUT2D eigenvalue weighted by Gasteiger charge is -2.39. The summed E-state index contributed by atoms with van der Waals surface area (Å²) in [6.07, 6.45) is 0. The molecule has 4 aromatic rings. The van der Waals surface area contributed by atoms with Crippen LogP contribution in [0.2, 0.25) is 18.1 Å².